The molecule has 2 unspecified atom stereocenters. The molecule has 0 aliphatic carbocycles. The van der Waals surface area contributed by atoms with E-state index in [-0.39, 0.29) is 18.1 Å². The van der Waals surface area contributed by atoms with Gasteiger partial charge < -0.3 is 25.0 Å². The highest BCUT2D eigenvalue weighted by Gasteiger charge is 2.40. The van der Waals surface area contributed by atoms with Gasteiger partial charge in [-0.1, -0.05) is 24.3 Å². The van der Waals surface area contributed by atoms with E-state index in [1.54, 1.807) is 4.90 Å². The van der Waals surface area contributed by atoms with Crippen LogP contribution in [0.3, 0.4) is 0 Å². The Morgan fingerprint density at radius 2 is 1.72 bits per heavy atom. The lowest BCUT2D eigenvalue weighted by Gasteiger charge is -2.36. The Kier molecular flexibility index (Phi) is 6.62. The highest BCUT2D eigenvalue weighted by molar-refractivity contribution is 5.75. The summed E-state index contributed by atoms with van der Waals surface area (Å²) in [7, 11) is 0. The first-order valence-corrected chi connectivity index (χ1v) is 11.7. The first-order valence-electron chi connectivity index (χ1n) is 11.7. The van der Waals surface area contributed by atoms with Crippen molar-refractivity contribution in [1.29, 1.82) is 0 Å². The number of carbonyl (C=O) groups excluding carboxylic acids is 2. The smallest absolute Gasteiger partial charge is 0.407 e. The van der Waals surface area contributed by atoms with Gasteiger partial charge in [-0.3, -0.25) is 4.90 Å². The summed E-state index contributed by atoms with van der Waals surface area (Å²) in [5.41, 5.74) is 2.17. The summed E-state index contributed by atoms with van der Waals surface area (Å²) >= 11 is 0. The minimum Gasteiger partial charge on any atom is -0.444 e. The van der Waals surface area contributed by atoms with Crippen LogP contribution in [0, 0.1) is 0 Å². The van der Waals surface area contributed by atoms with Gasteiger partial charge in [0.05, 0.1) is 12.1 Å². The zero-order valence-electron chi connectivity index (χ0n) is 19.4. The van der Waals surface area contributed by atoms with E-state index in [1.807, 2.05) is 25.7 Å². The summed E-state index contributed by atoms with van der Waals surface area (Å²) < 4.78 is 5.33. The quantitative estimate of drug-likeness (QED) is 0.731. The topological polar surface area (TPSA) is 85.3 Å². The maximum atomic E-state index is 13.1. The van der Waals surface area contributed by atoms with Gasteiger partial charge in [-0.2, -0.15) is 0 Å². The Bertz CT molecular complexity index is 832. The molecule has 176 valence electrons. The molecule has 0 radical (unpaired) electrons. The standard InChI is InChI=1S/C24H36N4O4/c1-24(2,3)32-22(30)25-19-9-12-26(13-10-19)23(31)28-15-20(21(29)16-28)27-11-8-17-6-4-5-7-18(17)14-27/h4-7,19-21,29H,8-16H2,1-3H3,(H,25,30). The van der Waals surface area contributed by atoms with Crippen molar-refractivity contribution in [2.24, 2.45) is 0 Å². The van der Waals surface area contributed by atoms with Crippen molar-refractivity contribution in [3.05, 3.63) is 35.4 Å². The van der Waals surface area contributed by atoms with Crippen molar-refractivity contribution >= 4 is 12.1 Å². The number of amides is 3. The normalized spacial score (nSPS) is 24.9. The number of β-amino-alcohol motifs (C(OH)–C–C–N with tert-alkyl or cyclic N) is 1. The highest BCUT2D eigenvalue weighted by atomic mass is 16.6. The molecule has 0 saturated carbocycles. The van der Waals surface area contributed by atoms with Crippen LogP contribution >= 0.6 is 0 Å². The minimum absolute atomic E-state index is 0.0132. The van der Waals surface area contributed by atoms with Crippen LogP contribution in [0.5, 0.6) is 0 Å². The van der Waals surface area contributed by atoms with E-state index in [0.29, 0.717) is 39.0 Å². The number of hydrogen-bond donors (Lipinski definition) is 2. The number of alkyl carbamates (subject to hydrolysis) is 1. The summed E-state index contributed by atoms with van der Waals surface area (Å²) in [6, 6.07) is 8.43. The van der Waals surface area contributed by atoms with Gasteiger partial charge in [0.15, 0.2) is 0 Å². The summed E-state index contributed by atoms with van der Waals surface area (Å²) in [4.78, 5) is 31.0. The number of aliphatic hydroxyl groups excluding tert-OH is 1. The third-order valence-corrected chi connectivity index (χ3v) is 6.65. The zero-order valence-corrected chi connectivity index (χ0v) is 19.4. The van der Waals surface area contributed by atoms with Crippen molar-refractivity contribution in [3.8, 4) is 0 Å². The molecule has 0 aromatic heterocycles. The highest BCUT2D eigenvalue weighted by Crippen LogP contribution is 2.26. The summed E-state index contributed by atoms with van der Waals surface area (Å²) in [5.74, 6) is 0. The molecule has 3 aliphatic rings. The molecule has 2 N–H and O–H groups in total. The van der Waals surface area contributed by atoms with E-state index in [4.69, 9.17) is 4.74 Å². The molecule has 0 bridgehead atoms. The van der Waals surface area contributed by atoms with Crippen molar-refractivity contribution in [2.75, 3.05) is 32.7 Å². The van der Waals surface area contributed by atoms with Crippen LogP contribution in [-0.4, -0.2) is 88.4 Å². The lowest BCUT2D eigenvalue weighted by Crippen LogP contribution is -2.51. The largest absolute Gasteiger partial charge is 0.444 e. The first-order chi connectivity index (χ1) is 15.2. The number of urea groups is 1. The number of likely N-dealkylation sites (tertiary alicyclic amines) is 2. The van der Waals surface area contributed by atoms with Gasteiger partial charge in [0, 0.05) is 45.3 Å². The second kappa shape index (κ2) is 9.27. The molecule has 4 rings (SSSR count). The lowest BCUT2D eigenvalue weighted by molar-refractivity contribution is 0.0482. The van der Waals surface area contributed by atoms with Gasteiger partial charge in [-0.15, -0.1) is 0 Å². The molecule has 8 heteroatoms. The monoisotopic (exact) mass is 444 g/mol. The Morgan fingerprint density at radius 3 is 2.41 bits per heavy atom. The summed E-state index contributed by atoms with van der Waals surface area (Å²) in [5, 5.41) is 13.6. The molecule has 2 fully saturated rings. The van der Waals surface area contributed by atoms with Crippen LogP contribution in [0.15, 0.2) is 24.3 Å². The van der Waals surface area contributed by atoms with Gasteiger partial charge in [0.1, 0.15) is 5.60 Å². The molecular formula is C24H36N4O4. The fourth-order valence-corrected chi connectivity index (χ4v) is 4.97. The van der Waals surface area contributed by atoms with Gasteiger partial charge in [-0.25, -0.2) is 9.59 Å². The number of nitrogens with zero attached hydrogens (tertiary/aromatic N) is 3. The van der Waals surface area contributed by atoms with Crippen LogP contribution < -0.4 is 5.32 Å². The van der Waals surface area contributed by atoms with Gasteiger partial charge in [0.2, 0.25) is 0 Å². The molecule has 3 aliphatic heterocycles. The molecule has 1 aromatic carbocycles. The molecule has 3 amide bonds. The molecule has 1 aromatic rings. The van der Waals surface area contributed by atoms with Crippen molar-refractivity contribution in [3.63, 3.8) is 0 Å². The van der Waals surface area contributed by atoms with Crippen LogP contribution in [0.2, 0.25) is 0 Å². The summed E-state index contributed by atoms with van der Waals surface area (Å²) in [6.07, 6.45) is 1.44. The molecule has 8 nitrogen and oxygen atoms in total. The van der Waals surface area contributed by atoms with E-state index >= 15 is 0 Å². The first kappa shape index (κ1) is 22.9. The third-order valence-electron chi connectivity index (χ3n) is 6.65. The fourth-order valence-electron chi connectivity index (χ4n) is 4.97. The van der Waals surface area contributed by atoms with Gasteiger partial charge in [-0.05, 0) is 51.2 Å². The molecule has 2 atom stereocenters. The van der Waals surface area contributed by atoms with Crippen molar-refractivity contribution in [2.45, 2.75) is 70.4 Å². The number of aliphatic hydroxyl groups is 1. The van der Waals surface area contributed by atoms with E-state index in [1.165, 1.54) is 11.1 Å². The average Bonchev–Trinajstić information content (AvgIpc) is 3.13. The van der Waals surface area contributed by atoms with E-state index < -0.39 is 17.8 Å². The zero-order chi connectivity index (χ0) is 22.9. The van der Waals surface area contributed by atoms with E-state index in [0.717, 1.165) is 19.5 Å². The van der Waals surface area contributed by atoms with Crippen LogP contribution in [0.4, 0.5) is 9.59 Å². The SMILES string of the molecule is CC(C)(C)OC(=O)NC1CCN(C(=O)N2CC(O)C(N3CCc4ccccc4C3)C2)CC1. The average molecular weight is 445 g/mol. The molecule has 2 saturated heterocycles. The number of nitrogens with one attached hydrogen (secondary N) is 1. The second-order valence-corrected chi connectivity index (χ2v) is 10.2. The van der Waals surface area contributed by atoms with Crippen LogP contribution in [0.25, 0.3) is 0 Å². The molecular weight excluding hydrogens is 408 g/mol. The van der Waals surface area contributed by atoms with Crippen LogP contribution in [-0.2, 0) is 17.7 Å². The number of ether oxygens (including phenoxy) is 1. The third kappa shape index (κ3) is 5.35. The number of fused-ring (bicyclic) bond motifs is 1. The van der Waals surface area contributed by atoms with Gasteiger partial charge in [0.25, 0.3) is 0 Å². The molecule has 3 heterocycles. The predicted octanol–water partition coefficient (Wildman–Crippen LogP) is 2.20. The van der Waals surface area contributed by atoms with Crippen molar-refractivity contribution in [1.82, 2.24) is 20.0 Å². The van der Waals surface area contributed by atoms with E-state index in [9.17, 15) is 14.7 Å². The minimum atomic E-state index is -0.532. The Hall–Kier alpha value is -2.32. The number of hydrogen-bond acceptors (Lipinski definition) is 5. The number of piperidine rings is 1. The Morgan fingerprint density at radius 1 is 1.03 bits per heavy atom. The Labute approximate surface area is 190 Å². The predicted molar refractivity (Wildman–Crippen MR) is 121 cm³/mol. The van der Waals surface area contributed by atoms with E-state index in [2.05, 4.69) is 34.5 Å². The Balaban J connectivity index is 1.27. The lowest BCUT2D eigenvalue weighted by atomic mass is 9.98. The second-order valence-electron chi connectivity index (χ2n) is 10.2. The fraction of sp³-hybridized carbons (Fsp3) is 0.667. The maximum absolute atomic E-state index is 13.1. The molecule has 32 heavy (non-hydrogen) atoms. The molecule has 0 spiro atoms. The van der Waals surface area contributed by atoms with Crippen molar-refractivity contribution < 1.29 is 19.4 Å². The maximum Gasteiger partial charge on any atom is 0.407 e. The number of carbonyl (C=O) groups is 2. The summed E-state index contributed by atoms with van der Waals surface area (Å²) in [6.45, 7) is 9.36. The number of rotatable bonds is 2. The number of benzene rings is 1. The van der Waals surface area contributed by atoms with Gasteiger partial charge >= 0.3 is 12.1 Å². The van der Waals surface area contributed by atoms with Crippen LogP contribution in [0.1, 0.15) is 44.7 Å².